The zero-order chi connectivity index (χ0) is 15.0. The van der Waals surface area contributed by atoms with Gasteiger partial charge < -0.3 is 0 Å². The molecule has 20 heavy (non-hydrogen) atoms. The third-order valence-electron chi connectivity index (χ3n) is 2.96. The molecule has 8 heteroatoms. The topological polar surface area (TPSA) is 71.9 Å². The number of Topliss-reactive ketones (excluding diaryl/α,β-unsaturated/α-hetero) is 1. The standard InChI is InChI=1S/C12H10Cl2N2O3S/c1-5-6(2)12(19)16(15-11(5)18)4-8(17)7-3-9(13)20-10(7)14/h3H,4H2,1-2H3,(H,15,18). The Morgan fingerprint density at radius 2 is 1.95 bits per heavy atom. The van der Waals surface area contributed by atoms with Crippen LogP contribution in [-0.2, 0) is 6.54 Å². The smallest absolute Gasteiger partial charge is 0.268 e. The molecule has 0 aromatic carbocycles. The second kappa shape index (κ2) is 5.55. The first-order chi connectivity index (χ1) is 9.31. The number of thiophene rings is 1. The predicted molar refractivity (Wildman–Crippen MR) is 79.5 cm³/mol. The van der Waals surface area contributed by atoms with Gasteiger partial charge in [0.15, 0.2) is 5.78 Å². The van der Waals surface area contributed by atoms with Gasteiger partial charge in [-0.05, 0) is 19.9 Å². The van der Waals surface area contributed by atoms with E-state index in [1.54, 1.807) is 13.8 Å². The van der Waals surface area contributed by atoms with Gasteiger partial charge in [0.1, 0.15) is 10.9 Å². The van der Waals surface area contributed by atoms with Crippen molar-refractivity contribution >= 4 is 40.3 Å². The molecule has 0 bridgehead atoms. The maximum Gasteiger partial charge on any atom is 0.268 e. The Kier molecular flexibility index (Phi) is 4.17. The molecule has 2 heterocycles. The highest BCUT2D eigenvalue weighted by Gasteiger charge is 2.16. The molecule has 0 spiro atoms. The number of halogens is 2. The van der Waals surface area contributed by atoms with Crippen LogP contribution in [-0.4, -0.2) is 15.6 Å². The third-order valence-corrected chi connectivity index (χ3v) is 4.45. The Morgan fingerprint density at radius 3 is 2.50 bits per heavy atom. The van der Waals surface area contributed by atoms with Crippen LogP contribution in [0.15, 0.2) is 15.7 Å². The monoisotopic (exact) mass is 332 g/mol. The number of carbonyl (C=O) groups is 1. The van der Waals surface area contributed by atoms with Gasteiger partial charge in [-0.25, -0.2) is 4.68 Å². The summed E-state index contributed by atoms with van der Waals surface area (Å²) in [5.74, 6) is -0.390. The van der Waals surface area contributed by atoms with E-state index in [0.29, 0.717) is 15.5 Å². The van der Waals surface area contributed by atoms with Gasteiger partial charge in [-0.3, -0.25) is 19.5 Å². The van der Waals surface area contributed by atoms with Gasteiger partial charge in [-0.2, -0.15) is 0 Å². The first-order valence-electron chi connectivity index (χ1n) is 5.59. The molecule has 0 saturated heterocycles. The van der Waals surface area contributed by atoms with Crippen molar-refractivity contribution in [2.45, 2.75) is 20.4 Å². The summed E-state index contributed by atoms with van der Waals surface area (Å²) in [5.41, 5.74) is 0.0937. The lowest BCUT2D eigenvalue weighted by Gasteiger charge is -2.07. The zero-order valence-electron chi connectivity index (χ0n) is 10.6. The lowest BCUT2D eigenvalue weighted by atomic mass is 10.2. The minimum atomic E-state index is -0.409. The Balaban J connectivity index is 2.41. The number of ketones is 1. The highest BCUT2D eigenvalue weighted by atomic mass is 35.5. The molecule has 2 rings (SSSR count). The molecule has 2 aromatic heterocycles. The molecule has 0 radical (unpaired) electrons. The van der Waals surface area contributed by atoms with E-state index in [1.165, 1.54) is 6.07 Å². The van der Waals surface area contributed by atoms with Crippen molar-refractivity contribution in [2.75, 3.05) is 0 Å². The molecule has 0 aliphatic carbocycles. The highest BCUT2D eigenvalue weighted by molar-refractivity contribution is 7.20. The van der Waals surface area contributed by atoms with Crippen molar-refractivity contribution in [3.63, 3.8) is 0 Å². The van der Waals surface area contributed by atoms with Crippen LogP contribution in [0.1, 0.15) is 21.5 Å². The quantitative estimate of drug-likeness (QED) is 0.877. The van der Waals surface area contributed by atoms with Gasteiger partial charge in [-0.15, -0.1) is 11.3 Å². The van der Waals surface area contributed by atoms with Crippen LogP contribution in [0.4, 0.5) is 0 Å². The summed E-state index contributed by atoms with van der Waals surface area (Å²) in [5, 5.41) is 2.37. The second-order valence-electron chi connectivity index (χ2n) is 4.24. The number of hydrogen-bond acceptors (Lipinski definition) is 4. The molecule has 106 valence electrons. The molecule has 0 fully saturated rings. The van der Waals surface area contributed by atoms with E-state index >= 15 is 0 Å². The second-order valence-corrected chi connectivity index (χ2v) is 6.53. The van der Waals surface area contributed by atoms with Crippen LogP contribution in [0, 0.1) is 13.8 Å². The summed E-state index contributed by atoms with van der Waals surface area (Å²) < 4.78 is 1.63. The molecular weight excluding hydrogens is 323 g/mol. The van der Waals surface area contributed by atoms with Crippen LogP contribution in [0.2, 0.25) is 8.67 Å². The molecule has 0 amide bonds. The normalized spacial score (nSPS) is 10.8. The molecule has 0 atom stereocenters. The maximum atomic E-state index is 12.1. The SMILES string of the molecule is Cc1c(C)c(=O)n(CC(=O)c2cc(Cl)sc2Cl)[nH]c1=O. The van der Waals surface area contributed by atoms with Gasteiger partial charge >= 0.3 is 0 Å². The summed E-state index contributed by atoms with van der Waals surface area (Å²) in [6, 6.07) is 1.45. The van der Waals surface area contributed by atoms with E-state index in [4.69, 9.17) is 23.2 Å². The minimum Gasteiger partial charge on any atom is -0.292 e. The Labute approximate surface area is 127 Å². The van der Waals surface area contributed by atoms with Crippen LogP contribution in [0.25, 0.3) is 0 Å². The fourth-order valence-electron chi connectivity index (χ4n) is 1.66. The Morgan fingerprint density at radius 1 is 1.30 bits per heavy atom. The van der Waals surface area contributed by atoms with Crippen LogP contribution in [0.3, 0.4) is 0 Å². The van der Waals surface area contributed by atoms with Gasteiger partial charge in [0.25, 0.3) is 11.1 Å². The number of hydrogen-bond donors (Lipinski definition) is 1. The predicted octanol–water partition coefficient (Wildman–Crippen LogP) is 2.40. The number of aromatic amines is 1. The van der Waals surface area contributed by atoms with Gasteiger partial charge in [0, 0.05) is 11.1 Å². The van der Waals surface area contributed by atoms with Gasteiger partial charge in [0.2, 0.25) is 0 Å². The summed E-state index contributed by atoms with van der Waals surface area (Å²) in [6.45, 7) is 2.81. The number of aromatic nitrogens is 2. The van der Waals surface area contributed by atoms with Crippen molar-refractivity contribution < 1.29 is 4.79 Å². The van der Waals surface area contributed by atoms with Gasteiger partial charge in [-0.1, -0.05) is 23.2 Å². The largest absolute Gasteiger partial charge is 0.292 e. The van der Waals surface area contributed by atoms with Crippen molar-refractivity contribution in [1.29, 1.82) is 0 Å². The Bertz CT molecular complexity index is 804. The summed E-state index contributed by atoms with van der Waals surface area (Å²) >= 11 is 12.7. The minimum absolute atomic E-state index is 0.243. The zero-order valence-corrected chi connectivity index (χ0v) is 12.9. The number of nitrogens with one attached hydrogen (secondary N) is 1. The molecular formula is C12H10Cl2N2O3S. The third kappa shape index (κ3) is 2.72. The van der Waals surface area contributed by atoms with Crippen molar-refractivity contribution in [1.82, 2.24) is 9.78 Å². The molecule has 5 nitrogen and oxygen atoms in total. The van der Waals surface area contributed by atoms with E-state index < -0.39 is 11.1 Å². The van der Waals surface area contributed by atoms with Crippen molar-refractivity contribution in [3.05, 3.63) is 52.1 Å². The van der Waals surface area contributed by atoms with Crippen LogP contribution >= 0.6 is 34.5 Å². The fraction of sp³-hybridized carbons (Fsp3) is 0.250. The molecule has 0 saturated carbocycles. The number of nitrogens with zero attached hydrogens (tertiary/aromatic N) is 1. The van der Waals surface area contributed by atoms with Crippen LogP contribution in [0.5, 0.6) is 0 Å². The lowest BCUT2D eigenvalue weighted by molar-refractivity contribution is 0.0966. The van der Waals surface area contributed by atoms with E-state index in [1.807, 2.05) is 0 Å². The average molecular weight is 333 g/mol. The molecule has 0 aliphatic rings. The molecule has 0 aliphatic heterocycles. The Hall–Kier alpha value is -1.37. The molecule has 1 N–H and O–H groups in total. The van der Waals surface area contributed by atoms with E-state index in [2.05, 4.69) is 5.10 Å². The maximum absolute atomic E-state index is 12.1. The van der Waals surface area contributed by atoms with Crippen molar-refractivity contribution in [3.8, 4) is 0 Å². The van der Waals surface area contributed by atoms with Crippen molar-refractivity contribution in [2.24, 2.45) is 0 Å². The number of rotatable bonds is 3. The van der Waals surface area contributed by atoms with Crippen LogP contribution < -0.4 is 11.1 Å². The first-order valence-corrected chi connectivity index (χ1v) is 7.17. The summed E-state index contributed by atoms with van der Waals surface area (Å²) in [4.78, 5) is 35.7. The van der Waals surface area contributed by atoms with Gasteiger partial charge in [0.05, 0.1) is 9.90 Å². The first kappa shape index (κ1) is 15.0. The van der Waals surface area contributed by atoms with E-state index in [-0.39, 0.29) is 22.2 Å². The highest BCUT2D eigenvalue weighted by Crippen LogP contribution is 2.31. The van der Waals surface area contributed by atoms with E-state index in [9.17, 15) is 14.4 Å². The molecule has 2 aromatic rings. The fourth-order valence-corrected chi connectivity index (χ4v) is 3.16. The summed E-state index contributed by atoms with van der Waals surface area (Å²) in [7, 11) is 0. The lowest BCUT2D eigenvalue weighted by Crippen LogP contribution is -2.35. The molecule has 0 unspecified atom stereocenters. The average Bonchev–Trinajstić information content (AvgIpc) is 2.72. The summed E-state index contributed by atoms with van der Waals surface area (Å²) in [6.07, 6.45) is 0. The number of H-pyrrole nitrogens is 1. The van der Waals surface area contributed by atoms with E-state index in [0.717, 1.165) is 16.0 Å². The number of carbonyl (C=O) groups excluding carboxylic acids is 1.